The number of nitriles is 1. The molecule has 0 aliphatic carbocycles. The Morgan fingerprint density at radius 2 is 2.42 bits per heavy atom. The number of aromatic nitrogens is 3. The zero-order valence-corrected chi connectivity index (χ0v) is 11.6. The lowest BCUT2D eigenvalue weighted by molar-refractivity contribution is 0.567. The Kier molecular flexibility index (Phi) is 4.42. The Bertz CT molecular complexity index is 607. The molecule has 6 heteroatoms. The lowest BCUT2D eigenvalue weighted by Gasteiger charge is -2.04. The Morgan fingerprint density at radius 1 is 1.58 bits per heavy atom. The van der Waals surface area contributed by atoms with Gasteiger partial charge in [0.1, 0.15) is 0 Å². The number of hydrogen-bond acceptors (Lipinski definition) is 5. The van der Waals surface area contributed by atoms with Gasteiger partial charge in [-0.2, -0.15) is 5.26 Å². The summed E-state index contributed by atoms with van der Waals surface area (Å²) in [6, 6.07) is 5.79. The van der Waals surface area contributed by atoms with Gasteiger partial charge in [-0.3, -0.25) is 4.57 Å². The second-order valence-corrected chi connectivity index (χ2v) is 4.82. The minimum atomic E-state index is 0.704. The molecule has 0 bridgehead atoms. The molecule has 0 aliphatic heterocycles. The van der Waals surface area contributed by atoms with E-state index >= 15 is 0 Å². The topological polar surface area (TPSA) is 67.6 Å². The molecule has 19 heavy (non-hydrogen) atoms. The molecule has 0 spiro atoms. The molecule has 98 valence electrons. The van der Waals surface area contributed by atoms with Gasteiger partial charge in [0, 0.05) is 17.9 Å². The van der Waals surface area contributed by atoms with Crippen molar-refractivity contribution in [2.45, 2.75) is 25.5 Å². The number of furan rings is 1. The summed E-state index contributed by atoms with van der Waals surface area (Å²) >= 11 is 1.55. The fourth-order valence-electron chi connectivity index (χ4n) is 1.56. The number of rotatable bonds is 5. The van der Waals surface area contributed by atoms with Crippen LogP contribution in [0.1, 0.15) is 13.8 Å². The van der Waals surface area contributed by atoms with Gasteiger partial charge in [0.15, 0.2) is 16.7 Å². The summed E-state index contributed by atoms with van der Waals surface area (Å²) in [5, 5.41) is 17.8. The van der Waals surface area contributed by atoms with Gasteiger partial charge in [-0.15, -0.1) is 10.2 Å². The van der Waals surface area contributed by atoms with Crippen LogP contribution in [0.25, 0.3) is 11.6 Å². The lowest BCUT2D eigenvalue weighted by atomic mass is 10.3. The fourth-order valence-corrected chi connectivity index (χ4v) is 2.51. The van der Waals surface area contributed by atoms with E-state index in [1.54, 1.807) is 24.9 Å². The van der Waals surface area contributed by atoms with E-state index in [2.05, 4.69) is 16.3 Å². The zero-order valence-electron chi connectivity index (χ0n) is 10.8. The van der Waals surface area contributed by atoms with Crippen LogP contribution in [-0.4, -0.2) is 20.5 Å². The normalized spacial score (nSPS) is 11.5. The number of allylic oxidation sites excluding steroid dienone is 1. The molecule has 2 aromatic heterocycles. The highest BCUT2D eigenvalue weighted by Crippen LogP contribution is 2.24. The molecule has 0 radical (unpaired) electrons. The van der Waals surface area contributed by atoms with Gasteiger partial charge >= 0.3 is 0 Å². The van der Waals surface area contributed by atoms with Gasteiger partial charge in [0.2, 0.25) is 0 Å². The second-order valence-electron chi connectivity index (χ2n) is 3.84. The van der Waals surface area contributed by atoms with E-state index in [9.17, 15) is 0 Å². The standard InChI is InChI=1S/C13H14N4OS/c1-3-17-12(11-5-4-7-18-11)15-16-13(17)19-8-6-10(2)9-14/h4-7H,3,8H2,1-2H3. The molecule has 0 atom stereocenters. The first kappa shape index (κ1) is 13.4. The summed E-state index contributed by atoms with van der Waals surface area (Å²) < 4.78 is 7.35. The number of nitrogens with zero attached hydrogens (tertiary/aromatic N) is 4. The van der Waals surface area contributed by atoms with E-state index in [-0.39, 0.29) is 0 Å². The molecule has 2 aromatic rings. The second kappa shape index (κ2) is 6.25. The molecule has 0 saturated carbocycles. The van der Waals surface area contributed by atoms with Crippen molar-refractivity contribution in [3.05, 3.63) is 30.0 Å². The molecule has 0 N–H and O–H groups in total. The van der Waals surface area contributed by atoms with Gasteiger partial charge in [-0.1, -0.05) is 17.8 Å². The molecule has 2 heterocycles. The highest BCUT2D eigenvalue weighted by molar-refractivity contribution is 7.99. The molecule has 0 amide bonds. The predicted molar refractivity (Wildman–Crippen MR) is 73.5 cm³/mol. The van der Waals surface area contributed by atoms with Gasteiger partial charge in [0.05, 0.1) is 12.3 Å². The monoisotopic (exact) mass is 274 g/mol. The Hall–Kier alpha value is -2.00. The third-order valence-corrected chi connectivity index (χ3v) is 3.45. The minimum absolute atomic E-state index is 0.704. The Labute approximate surface area is 115 Å². The molecule has 0 unspecified atom stereocenters. The quantitative estimate of drug-likeness (QED) is 0.619. The molecular formula is C13H14N4OS. The van der Waals surface area contributed by atoms with E-state index in [1.807, 2.05) is 29.7 Å². The van der Waals surface area contributed by atoms with E-state index in [0.717, 1.165) is 17.5 Å². The van der Waals surface area contributed by atoms with E-state index in [1.165, 1.54) is 0 Å². The molecule has 0 saturated heterocycles. The van der Waals surface area contributed by atoms with Crippen molar-refractivity contribution in [1.29, 1.82) is 5.26 Å². The van der Waals surface area contributed by atoms with Crippen molar-refractivity contribution < 1.29 is 4.42 Å². The number of hydrogen-bond donors (Lipinski definition) is 0. The average molecular weight is 274 g/mol. The largest absolute Gasteiger partial charge is 0.461 e. The van der Waals surface area contributed by atoms with Crippen LogP contribution in [0.3, 0.4) is 0 Å². The Morgan fingerprint density at radius 3 is 3.05 bits per heavy atom. The van der Waals surface area contributed by atoms with Crippen molar-refractivity contribution in [1.82, 2.24) is 14.8 Å². The van der Waals surface area contributed by atoms with Crippen molar-refractivity contribution in [2.75, 3.05) is 5.75 Å². The van der Waals surface area contributed by atoms with Crippen LogP contribution in [0.4, 0.5) is 0 Å². The van der Waals surface area contributed by atoms with Crippen LogP contribution in [0.5, 0.6) is 0 Å². The van der Waals surface area contributed by atoms with E-state index in [0.29, 0.717) is 17.1 Å². The first-order chi connectivity index (χ1) is 9.26. The molecular weight excluding hydrogens is 260 g/mol. The molecule has 0 aromatic carbocycles. The zero-order chi connectivity index (χ0) is 13.7. The third kappa shape index (κ3) is 3.06. The van der Waals surface area contributed by atoms with Gasteiger partial charge in [0.25, 0.3) is 0 Å². The van der Waals surface area contributed by atoms with Crippen molar-refractivity contribution >= 4 is 11.8 Å². The van der Waals surface area contributed by atoms with Crippen LogP contribution < -0.4 is 0 Å². The molecule has 0 aliphatic rings. The van der Waals surface area contributed by atoms with Crippen molar-refractivity contribution in [3.8, 4) is 17.7 Å². The predicted octanol–water partition coefficient (Wildman–Crippen LogP) is 3.12. The van der Waals surface area contributed by atoms with Gasteiger partial charge < -0.3 is 4.42 Å². The molecule has 2 rings (SSSR count). The van der Waals surface area contributed by atoms with Gasteiger partial charge in [-0.05, 0) is 26.0 Å². The summed E-state index contributed by atoms with van der Waals surface area (Å²) in [4.78, 5) is 0. The van der Waals surface area contributed by atoms with Crippen LogP contribution in [0, 0.1) is 11.3 Å². The average Bonchev–Trinajstić information content (AvgIpc) is 3.06. The van der Waals surface area contributed by atoms with Gasteiger partial charge in [-0.25, -0.2) is 0 Å². The lowest BCUT2D eigenvalue weighted by Crippen LogP contribution is -1.99. The minimum Gasteiger partial charge on any atom is -0.461 e. The van der Waals surface area contributed by atoms with Crippen molar-refractivity contribution in [2.24, 2.45) is 0 Å². The van der Waals surface area contributed by atoms with E-state index < -0.39 is 0 Å². The first-order valence-corrected chi connectivity index (χ1v) is 6.91. The van der Waals surface area contributed by atoms with Crippen LogP contribution >= 0.6 is 11.8 Å². The highest BCUT2D eigenvalue weighted by Gasteiger charge is 2.14. The van der Waals surface area contributed by atoms with E-state index in [4.69, 9.17) is 9.68 Å². The molecule has 5 nitrogen and oxygen atoms in total. The SMILES string of the molecule is CCn1c(SCC=C(C)C#N)nnc1-c1ccco1. The highest BCUT2D eigenvalue weighted by atomic mass is 32.2. The number of thioether (sulfide) groups is 1. The fraction of sp³-hybridized carbons (Fsp3) is 0.308. The first-order valence-electron chi connectivity index (χ1n) is 5.93. The maximum absolute atomic E-state index is 8.69. The summed E-state index contributed by atoms with van der Waals surface area (Å²) in [6.07, 6.45) is 3.50. The smallest absolute Gasteiger partial charge is 0.200 e. The van der Waals surface area contributed by atoms with Crippen molar-refractivity contribution in [3.63, 3.8) is 0 Å². The van der Waals surface area contributed by atoms with Crippen LogP contribution in [0.2, 0.25) is 0 Å². The van der Waals surface area contributed by atoms with Crippen LogP contribution in [-0.2, 0) is 6.54 Å². The summed E-state index contributed by atoms with van der Waals surface area (Å²) in [6.45, 7) is 4.60. The summed E-state index contributed by atoms with van der Waals surface area (Å²) in [5.74, 6) is 2.15. The maximum atomic E-state index is 8.69. The Balaban J connectivity index is 2.17. The summed E-state index contributed by atoms with van der Waals surface area (Å²) in [5.41, 5.74) is 0.710. The summed E-state index contributed by atoms with van der Waals surface area (Å²) in [7, 11) is 0. The third-order valence-electron chi connectivity index (χ3n) is 2.55. The molecule has 0 fully saturated rings. The maximum Gasteiger partial charge on any atom is 0.200 e. The van der Waals surface area contributed by atoms with Crippen LogP contribution in [0.15, 0.2) is 39.6 Å².